The van der Waals surface area contributed by atoms with E-state index < -0.39 is 24.3 Å². The lowest BCUT2D eigenvalue weighted by Gasteiger charge is -2.31. The van der Waals surface area contributed by atoms with Crippen LogP contribution in [0.5, 0.6) is 11.5 Å². The summed E-state index contributed by atoms with van der Waals surface area (Å²) in [6.07, 6.45) is -2.24. The number of carbonyl (C=O) groups is 2. The van der Waals surface area contributed by atoms with E-state index in [1.165, 1.54) is 5.56 Å². The van der Waals surface area contributed by atoms with Crippen LogP contribution in [0.25, 0.3) is 16.8 Å². The van der Waals surface area contributed by atoms with Gasteiger partial charge >= 0.3 is 24.3 Å². The highest BCUT2D eigenvalue weighted by Crippen LogP contribution is 2.34. The Morgan fingerprint density at radius 2 is 1.53 bits per heavy atom. The van der Waals surface area contributed by atoms with Crippen LogP contribution in [0.3, 0.4) is 0 Å². The minimum Gasteiger partial charge on any atom is -0.475 e. The molecule has 5 heterocycles. The maximum atomic E-state index is 10.6. The number of hydrogen-bond donors (Lipinski definition) is 2. The van der Waals surface area contributed by atoms with E-state index in [1.807, 2.05) is 47.4 Å². The Balaban J connectivity index is 0.000000277. The molecule has 2 N–H and O–H groups in total. The Kier molecular flexibility index (Phi) is 10.1. The van der Waals surface area contributed by atoms with Crippen LogP contribution >= 0.6 is 0 Å². The number of piperidine rings is 1. The fourth-order valence-electron chi connectivity index (χ4n) is 4.50. The van der Waals surface area contributed by atoms with Crippen LogP contribution in [0.1, 0.15) is 30.1 Å². The van der Waals surface area contributed by atoms with Crippen molar-refractivity contribution in [3.63, 3.8) is 0 Å². The topological polar surface area (TPSA) is 139 Å². The highest BCUT2D eigenvalue weighted by atomic mass is 19.4. The fourth-order valence-corrected chi connectivity index (χ4v) is 4.50. The van der Waals surface area contributed by atoms with E-state index in [2.05, 4.69) is 28.1 Å². The Morgan fingerprint density at radius 3 is 2.18 bits per heavy atom. The van der Waals surface area contributed by atoms with Crippen LogP contribution in [0, 0.1) is 0 Å². The first-order chi connectivity index (χ1) is 21.2. The zero-order chi connectivity index (χ0) is 32.8. The zero-order valence-corrected chi connectivity index (χ0v) is 23.1. The first-order valence-electron chi connectivity index (χ1n) is 13.2. The molecule has 6 rings (SSSR count). The molecule has 1 saturated heterocycles. The van der Waals surface area contributed by atoms with Crippen molar-refractivity contribution in [1.29, 1.82) is 0 Å². The average Bonchev–Trinajstić information content (AvgIpc) is 3.64. The van der Waals surface area contributed by atoms with Gasteiger partial charge < -0.3 is 19.7 Å². The fraction of sp³-hybridized carbons (Fsp3) is 0.321. The molecule has 0 amide bonds. The molecule has 1 fully saturated rings. The van der Waals surface area contributed by atoms with Gasteiger partial charge in [-0.2, -0.15) is 31.4 Å². The van der Waals surface area contributed by atoms with Gasteiger partial charge in [0.25, 0.3) is 0 Å². The van der Waals surface area contributed by atoms with E-state index in [1.54, 1.807) is 0 Å². The zero-order valence-electron chi connectivity index (χ0n) is 23.1. The molecule has 0 saturated carbocycles. The monoisotopic (exact) mass is 641 g/mol. The lowest BCUT2D eigenvalue weighted by molar-refractivity contribution is -0.193. The number of likely N-dealkylation sites (tertiary alicyclic amines) is 1. The highest BCUT2D eigenvalue weighted by Gasteiger charge is 2.39. The summed E-state index contributed by atoms with van der Waals surface area (Å²) in [5, 5.41) is 19.1. The summed E-state index contributed by atoms with van der Waals surface area (Å²) in [6.45, 7) is 3.26. The number of rotatable bonds is 4. The maximum absolute atomic E-state index is 10.6. The van der Waals surface area contributed by atoms with Gasteiger partial charge in [-0.05, 0) is 66.9 Å². The summed E-state index contributed by atoms with van der Waals surface area (Å²) in [5.41, 5.74) is 4.37. The van der Waals surface area contributed by atoms with E-state index in [-0.39, 0.29) is 0 Å². The number of aliphatic carboxylic acids is 2. The summed E-state index contributed by atoms with van der Waals surface area (Å²) >= 11 is 0. The molecule has 0 spiro atoms. The van der Waals surface area contributed by atoms with Crippen molar-refractivity contribution in [1.82, 2.24) is 24.5 Å². The minimum absolute atomic E-state index is 0.313. The second-order valence-corrected chi connectivity index (χ2v) is 9.79. The van der Waals surface area contributed by atoms with Crippen LogP contribution in [0.4, 0.5) is 26.3 Å². The van der Waals surface area contributed by atoms with Crippen molar-refractivity contribution < 1.29 is 55.6 Å². The molecule has 45 heavy (non-hydrogen) atoms. The molecule has 1 unspecified atom stereocenters. The van der Waals surface area contributed by atoms with E-state index >= 15 is 0 Å². The molecule has 0 aliphatic carbocycles. The van der Waals surface area contributed by atoms with Gasteiger partial charge in [0, 0.05) is 43.2 Å². The average molecular weight is 642 g/mol. The van der Waals surface area contributed by atoms with E-state index in [4.69, 9.17) is 39.4 Å². The third-order valence-electron chi connectivity index (χ3n) is 6.56. The number of pyridine rings is 2. The minimum atomic E-state index is -5.08. The van der Waals surface area contributed by atoms with Gasteiger partial charge in [-0.3, -0.25) is 9.88 Å². The molecule has 11 nitrogen and oxygen atoms in total. The number of hydrogen-bond acceptors (Lipinski definition) is 8. The standard InChI is InChI=1S/C24H23N5O2.2C2HF3O2/c1-2-20(14-28(11-1)13-17-3-5-21-22(12-17)31-16-30-21)24-26-23-6-4-19(15-29(23)27-24)18-7-9-25-10-8-18;2*3-2(4,5)1(6)7/h3-10,12,15,20H,1-2,11,13-14,16H2;2*(H,6,7). The van der Waals surface area contributed by atoms with E-state index in [0.717, 1.165) is 66.6 Å². The molecular formula is C28H25F6N5O6. The molecular weight excluding hydrogens is 616 g/mol. The molecule has 2 aliphatic heterocycles. The number of carboxylic acids is 2. The van der Waals surface area contributed by atoms with Gasteiger partial charge in [-0.15, -0.1) is 0 Å². The summed E-state index contributed by atoms with van der Waals surface area (Å²) in [5.74, 6) is -2.56. The molecule has 4 aromatic rings. The third kappa shape index (κ3) is 9.04. The van der Waals surface area contributed by atoms with Crippen molar-refractivity contribution >= 4 is 17.6 Å². The number of aromatic nitrogens is 4. The van der Waals surface area contributed by atoms with Crippen LogP contribution in [0.15, 0.2) is 61.1 Å². The molecule has 3 aromatic heterocycles. The Labute approximate surface area is 250 Å². The van der Waals surface area contributed by atoms with E-state index in [0.29, 0.717) is 12.7 Å². The number of alkyl halides is 6. The Bertz CT molecular complexity index is 1610. The van der Waals surface area contributed by atoms with E-state index in [9.17, 15) is 26.3 Å². The van der Waals surface area contributed by atoms with Crippen LogP contribution in [-0.2, 0) is 16.1 Å². The molecule has 0 bridgehead atoms. The lowest BCUT2D eigenvalue weighted by atomic mass is 9.97. The van der Waals surface area contributed by atoms with Crippen molar-refractivity contribution in [2.24, 2.45) is 0 Å². The molecule has 0 radical (unpaired) electrons. The van der Waals surface area contributed by atoms with Gasteiger partial charge in [-0.1, -0.05) is 6.07 Å². The van der Waals surface area contributed by atoms with Gasteiger partial charge in [-0.25, -0.2) is 19.1 Å². The molecule has 2 aliphatic rings. The summed E-state index contributed by atoms with van der Waals surface area (Å²) < 4.78 is 76.3. The number of carboxylic acid groups (broad SMARTS) is 2. The quantitative estimate of drug-likeness (QED) is 0.287. The van der Waals surface area contributed by atoms with Crippen molar-refractivity contribution in [3.05, 3.63) is 72.4 Å². The Hall–Kier alpha value is -4.93. The Morgan fingerprint density at radius 1 is 0.889 bits per heavy atom. The maximum Gasteiger partial charge on any atom is 0.490 e. The van der Waals surface area contributed by atoms with Crippen LogP contribution in [-0.4, -0.2) is 78.9 Å². The summed E-state index contributed by atoms with van der Waals surface area (Å²) in [6, 6.07) is 14.4. The first kappa shape index (κ1) is 33.0. The smallest absolute Gasteiger partial charge is 0.475 e. The molecule has 17 heteroatoms. The van der Waals surface area contributed by atoms with Crippen LogP contribution < -0.4 is 9.47 Å². The second kappa shape index (κ2) is 13.8. The molecule has 1 atom stereocenters. The van der Waals surface area contributed by atoms with Crippen molar-refractivity contribution in [3.8, 4) is 22.6 Å². The van der Waals surface area contributed by atoms with Crippen molar-refractivity contribution in [2.75, 3.05) is 19.9 Å². The number of nitrogens with zero attached hydrogens (tertiary/aromatic N) is 5. The predicted octanol–water partition coefficient (Wildman–Crippen LogP) is 5.17. The SMILES string of the molecule is O=C(O)C(F)(F)F.O=C(O)C(F)(F)F.c1cc(-c2ccc3nc(C4CCCN(Cc5ccc6c(c5)OCO6)C4)nn3c2)ccn1. The number of benzene rings is 1. The first-order valence-corrected chi connectivity index (χ1v) is 13.2. The van der Waals surface area contributed by atoms with Gasteiger partial charge in [0.15, 0.2) is 23.0 Å². The predicted molar refractivity (Wildman–Crippen MR) is 143 cm³/mol. The van der Waals surface area contributed by atoms with Gasteiger partial charge in [0.05, 0.1) is 0 Å². The van der Waals surface area contributed by atoms with Gasteiger partial charge in [0.2, 0.25) is 6.79 Å². The highest BCUT2D eigenvalue weighted by molar-refractivity contribution is 5.73. The number of halogens is 6. The van der Waals surface area contributed by atoms with Gasteiger partial charge in [0.1, 0.15) is 0 Å². The molecule has 240 valence electrons. The summed E-state index contributed by atoms with van der Waals surface area (Å²) in [7, 11) is 0. The molecule has 1 aromatic carbocycles. The number of fused-ring (bicyclic) bond motifs is 2. The number of ether oxygens (including phenoxy) is 2. The van der Waals surface area contributed by atoms with Crippen LogP contribution in [0.2, 0.25) is 0 Å². The van der Waals surface area contributed by atoms with Crippen molar-refractivity contribution in [2.45, 2.75) is 37.7 Å². The summed E-state index contributed by atoms with van der Waals surface area (Å²) in [4.78, 5) is 29.2. The normalized spacial score (nSPS) is 16.3. The largest absolute Gasteiger partial charge is 0.490 e. The third-order valence-corrected chi connectivity index (χ3v) is 6.56. The lowest BCUT2D eigenvalue weighted by Crippen LogP contribution is -2.34. The second-order valence-electron chi connectivity index (χ2n) is 9.79.